The third-order valence-corrected chi connectivity index (χ3v) is 4.57. The van der Waals surface area contributed by atoms with Crippen molar-refractivity contribution in [2.45, 2.75) is 18.7 Å². The molecule has 1 aliphatic rings. The van der Waals surface area contributed by atoms with Gasteiger partial charge in [-0.2, -0.15) is 17.6 Å². The van der Waals surface area contributed by atoms with E-state index in [0.717, 1.165) is 16.5 Å². The van der Waals surface area contributed by atoms with E-state index in [9.17, 15) is 17.6 Å². The molecule has 6 heteroatoms. The van der Waals surface area contributed by atoms with Gasteiger partial charge in [-0.1, -0.05) is 36.4 Å². The zero-order chi connectivity index (χ0) is 20.2. The van der Waals surface area contributed by atoms with Crippen molar-refractivity contribution in [1.82, 2.24) is 9.38 Å². The van der Waals surface area contributed by atoms with Crippen molar-refractivity contribution in [3.8, 4) is 0 Å². The Morgan fingerprint density at radius 1 is 1.04 bits per heavy atom. The van der Waals surface area contributed by atoms with Gasteiger partial charge in [-0.25, -0.2) is 4.98 Å². The maximum absolute atomic E-state index is 14.8. The Hall–Kier alpha value is -2.63. The number of halogens is 4. The molecule has 0 amide bonds. The van der Waals surface area contributed by atoms with Crippen molar-refractivity contribution in [2.24, 2.45) is 0 Å². The van der Waals surface area contributed by atoms with Gasteiger partial charge in [0.15, 0.2) is 0 Å². The molecule has 2 aromatic heterocycles. The predicted octanol–water partition coefficient (Wildman–Crippen LogP) is 5.15. The van der Waals surface area contributed by atoms with Crippen LogP contribution >= 0.6 is 0 Å². The van der Waals surface area contributed by atoms with Crippen molar-refractivity contribution in [3.63, 3.8) is 0 Å². The first-order valence-electron chi connectivity index (χ1n) is 9.11. The lowest BCUT2D eigenvalue weighted by Crippen LogP contribution is -2.40. The number of imidazole rings is 1. The standard InChI is InChI=1S/C18H10F4N2/c1-9-6-7-12-15-14(9)10-4-2-3-5-11(10)16-23-8-13(24(15)16)18(21,22)17(12,19)20/h2-8H,1H3/i1D3,8D. The third-order valence-electron chi connectivity index (χ3n) is 4.57. The highest BCUT2D eigenvalue weighted by Crippen LogP contribution is 2.55. The maximum atomic E-state index is 14.8. The van der Waals surface area contributed by atoms with Crippen LogP contribution < -0.4 is 0 Å². The first-order valence-corrected chi connectivity index (χ1v) is 7.11. The van der Waals surface area contributed by atoms with E-state index < -0.39 is 36.1 Å². The molecule has 0 aliphatic carbocycles. The second-order valence-corrected chi connectivity index (χ2v) is 5.81. The molecule has 0 saturated heterocycles. The summed E-state index contributed by atoms with van der Waals surface area (Å²) in [6.07, 6.45) is -0.965. The van der Waals surface area contributed by atoms with Crippen LogP contribution in [0.25, 0.3) is 27.3 Å². The number of hydrogen-bond donors (Lipinski definition) is 0. The fourth-order valence-corrected chi connectivity index (χ4v) is 3.48. The molecular formula is C18H10F4N2. The van der Waals surface area contributed by atoms with Crippen LogP contribution in [0, 0.1) is 6.85 Å². The molecule has 0 bridgehead atoms. The molecular weight excluding hydrogens is 320 g/mol. The summed E-state index contributed by atoms with van der Waals surface area (Å²) in [5.74, 6) is -9.30. The number of fused-ring (bicyclic) bond motifs is 3. The second kappa shape index (κ2) is 3.88. The number of aromatic nitrogens is 2. The van der Waals surface area contributed by atoms with Crippen LogP contribution in [0.5, 0.6) is 0 Å². The molecule has 3 heterocycles. The van der Waals surface area contributed by atoms with Crippen LogP contribution in [-0.2, 0) is 11.8 Å². The molecule has 0 spiro atoms. The number of alkyl halides is 4. The number of aryl methyl sites for hydroxylation is 1. The fraction of sp³-hybridized carbons (Fsp3) is 0.167. The third kappa shape index (κ3) is 1.28. The molecule has 0 fully saturated rings. The molecule has 0 N–H and O–H groups in total. The van der Waals surface area contributed by atoms with Crippen LogP contribution in [0.3, 0.4) is 0 Å². The summed E-state index contributed by atoms with van der Waals surface area (Å²) in [5, 5.41) is 0.545. The molecule has 0 unspecified atom stereocenters. The largest absolute Gasteiger partial charge is 0.356 e. The smallest absolute Gasteiger partial charge is 0.290 e. The van der Waals surface area contributed by atoms with Crippen LogP contribution in [0.1, 0.15) is 22.3 Å². The van der Waals surface area contributed by atoms with E-state index in [2.05, 4.69) is 4.98 Å². The summed E-state index contributed by atoms with van der Waals surface area (Å²) >= 11 is 0. The second-order valence-electron chi connectivity index (χ2n) is 5.81. The van der Waals surface area contributed by atoms with Gasteiger partial charge in [-0.15, -0.1) is 0 Å². The van der Waals surface area contributed by atoms with E-state index in [1.807, 2.05) is 0 Å². The van der Waals surface area contributed by atoms with E-state index in [4.69, 9.17) is 5.48 Å². The van der Waals surface area contributed by atoms with E-state index in [1.54, 1.807) is 12.1 Å². The Labute approximate surface area is 139 Å². The Morgan fingerprint density at radius 3 is 2.54 bits per heavy atom. The summed E-state index contributed by atoms with van der Waals surface area (Å²) in [4.78, 5) is 3.82. The number of rotatable bonds is 0. The van der Waals surface area contributed by atoms with Crippen LogP contribution in [0.2, 0.25) is 0 Å². The molecule has 4 aromatic rings. The fourth-order valence-electron chi connectivity index (χ4n) is 3.48. The highest BCUT2D eigenvalue weighted by molar-refractivity contribution is 6.14. The lowest BCUT2D eigenvalue weighted by atomic mass is 9.90. The average molecular weight is 334 g/mol. The zero-order valence-corrected chi connectivity index (χ0v) is 11.9. The topological polar surface area (TPSA) is 17.3 Å². The van der Waals surface area contributed by atoms with E-state index in [1.165, 1.54) is 12.1 Å². The van der Waals surface area contributed by atoms with Gasteiger partial charge in [0.25, 0.3) is 0 Å². The Morgan fingerprint density at radius 2 is 1.79 bits per heavy atom. The summed E-state index contributed by atoms with van der Waals surface area (Å²) in [5.41, 5.74) is -2.88. The average Bonchev–Trinajstić information content (AvgIpc) is 2.97. The highest BCUT2D eigenvalue weighted by atomic mass is 19.3. The predicted molar refractivity (Wildman–Crippen MR) is 82.7 cm³/mol. The van der Waals surface area contributed by atoms with Crippen molar-refractivity contribution >= 4 is 27.3 Å². The van der Waals surface area contributed by atoms with E-state index in [0.29, 0.717) is 10.8 Å². The quantitative estimate of drug-likeness (QED) is 0.321. The summed E-state index contributed by atoms with van der Waals surface area (Å²) in [6.45, 7) is -2.66. The molecule has 0 saturated carbocycles. The minimum absolute atomic E-state index is 0.0607. The molecule has 5 rings (SSSR count). The Bertz CT molecular complexity index is 1320. The van der Waals surface area contributed by atoms with E-state index in [-0.39, 0.29) is 22.1 Å². The lowest BCUT2D eigenvalue weighted by molar-refractivity contribution is -0.227. The van der Waals surface area contributed by atoms with Crippen molar-refractivity contribution < 1.29 is 23.0 Å². The first kappa shape index (κ1) is 10.3. The number of benzene rings is 2. The van der Waals surface area contributed by atoms with Gasteiger partial charge in [0.1, 0.15) is 11.3 Å². The van der Waals surface area contributed by atoms with Crippen molar-refractivity contribution in [2.75, 3.05) is 0 Å². The molecule has 0 radical (unpaired) electrons. The molecule has 0 atom stereocenters. The first-order chi connectivity index (χ1) is 13.0. The van der Waals surface area contributed by atoms with Gasteiger partial charge in [0.05, 0.1) is 18.6 Å². The van der Waals surface area contributed by atoms with Crippen LogP contribution in [-0.4, -0.2) is 9.38 Å². The monoisotopic (exact) mass is 334 g/mol. The number of nitrogens with zero attached hydrogens (tertiary/aromatic N) is 2. The van der Waals surface area contributed by atoms with E-state index >= 15 is 0 Å². The number of hydrogen-bond acceptors (Lipinski definition) is 1. The lowest BCUT2D eigenvalue weighted by Gasteiger charge is -2.32. The molecule has 120 valence electrons. The van der Waals surface area contributed by atoms with Gasteiger partial charge in [0.2, 0.25) is 0 Å². The zero-order valence-electron chi connectivity index (χ0n) is 15.9. The normalized spacial score (nSPS) is 21.0. The van der Waals surface area contributed by atoms with Gasteiger partial charge < -0.3 is 0 Å². The molecule has 1 aliphatic heterocycles. The maximum Gasteiger partial charge on any atom is 0.356 e. The molecule has 24 heavy (non-hydrogen) atoms. The van der Waals surface area contributed by atoms with Crippen LogP contribution in [0.4, 0.5) is 17.6 Å². The van der Waals surface area contributed by atoms with Gasteiger partial charge >= 0.3 is 11.8 Å². The Balaban J connectivity index is 2.23. The SMILES string of the molecule is [2H]c1nc2c3ccccc3c3c(C([2H])([2H])[2H])ccc4c3n2c1C(F)(F)C4(F)F. The summed E-state index contributed by atoms with van der Waals surface area (Å²) in [7, 11) is 0. The van der Waals surface area contributed by atoms with Crippen molar-refractivity contribution in [1.29, 1.82) is 0 Å². The summed E-state index contributed by atoms with van der Waals surface area (Å²) < 4.78 is 91.2. The van der Waals surface area contributed by atoms with Gasteiger partial charge in [0, 0.05) is 14.9 Å². The molecule has 2 aromatic carbocycles. The van der Waals surface area contributed by atoms with Gasteiger partial charge in [-0.3, -0.25) is 4.40 Å². The highest BCUT2D eigenvalue weighted by Gasteiger charge is 2.63. The number of pyridine rings is 1. The summed E-state index contributed by atoms with van der Waals surface area (Å²) in [6, 6.07) is 7.96. The van der Waals surface area contributed by atoms with Gasteiger partial charge in [-0.05, 0) is 17.8 Å². The van der Waals surface area contributed by atoms with Crippen LogP contribution in [0.15, 0.2) is 42.6 Å². The minimum atomic E-state index is -4.67. The Kier molecular flexibility index (Phi) is 1.66. The minimum Gasteiger partial charge on any atom is -0.290 e. The van der Waals surface area contributed by atoms with Crippen molar-refractivity contribution in [3.05, 3.63) is 59.4 Å². The molecule has 2 nitrogen and oxygen atoms in total.